The largest absolute Gasteiger partial charge is 0.497 e. The number of nitrogens with zero attached hydrogens (tertiary/aromatic N) is 3. The van der Waals surface area contributed by atoms with E-state index in [0.29, 0.717) is 6.54 Å². The Morgan fingerprint density at radius 2 is 2.18 bits per heavy atom. The highest BCUT2D eigenvalue weighted by atomic mass is 32.2. The normalized spacial score (nSPS) is 11.2. The van der Waals surface area contributed by atoms with Crippen LogP contribution in [0.3, 0.4) is 0 Å². The molecule has 0 unspecified atom stereocenters. The van der Waals surface area contributed by atoms with E-state index in [2.05, 4.69) is 9.82 Å². The third-order valence-corrected chi connectivity index (χ3v) is 4.29. The summed E-state index contributed by atoms with van der Waals surface area (Å²) in [6, 6.07) is 3.53. The number of anilines is 1. The van der Waals surface area contributed by atoms with E-state index in [1.165, 1.54) is 30.3 Å². The van der Waals surface area contributed by atoms with Crippen molar-refractivity contribution < 1.29 is 18.1 Å². The molecule has 2 aromatic rings. The summed E-state index contributed by atoms with van der Waals surface area (Å²) in [5.41, 5.74) is -0.332. The first-order valence-electron chi connectivity index (χ1n) is 6.25. The van der Waals surface area contributed by atoms with Crippen LogP contribution in [0.4, 0.5) is 11.4 Å². The monoisotopic (exact) mass is 326 g/mol. The fraction of sp³-hybridized carbons (Fsp3) is 0.250. The number of sulfonamides is 1. The third kappa shape index (κ3) is 3.17. The predicted octanol–water partition coefficient (Wildman–Crippen LogP) is 1.62. The van der Waals surface area contributed by atoms with E-state index >= 15 is 0 Å². The quantitative estimate of drug-likeness (QED) is 0.637. The number of nitrogens with one attached hydrogen (secondary N) is 1. The molecule has 0 bridgehead atoms. The van der Waals surface area contributed by atoms with Gasteiger partial charge in [-0.2, -0.15) is 5.10 Å². The Labute approximate surface area is 126 Å². The molecule has 0 saturated carbocycles. The molecule has 0 aliphatic heterocycles. The van der Waals surface area contributed by atoms with Gasteiger partial charge >= 0.3 is 0 Å². The van der Waals surface area contributed by atoms with Crippen molar-refractivity contribution in [3.63, 3.8) is 0 Å². The van der Waals surface area contributed by atoms with Crippen LogP contribution < -0.4 is 9.46 Å². The molecule has 0 amide bonds. The van der Waals surface area contributed by atoms with Gasteiger partial charge in [0.15, 0.2) is 4.90 Å². The molecule has 0 atom stereocenters. The maximum Gasteiger partial charge on any atom is 0.293 e. The Bertz CT molecular complexity index is 800. The Balaban J connectivity index is 2.42. The van der Waals surface area contributed by atoms with Gasteiger partial charge < -0.3 is 4.74 Å². The van der Waals surface area contributed by atoms with Crippen molar-refractivity contribution in [2.75, 3.05) is 11.8 Å². The summed E-state index contributed by atoms with van der Waals surface area (Å²) in [5, 5.41) is 15.0. The van der Waals surface area contributed by atoms with E-state index in [-0.39, 0.29) is 11.4 Å². The van der Waals surface area contributed by atoms with Crippen LogP contribution in [0.25, 0.3) is 0 Å². The number of methoxy groups -OCH3 is 1. The molecular weight excluding hydrogens is 312 g/mol. The number of benzene rings is 1. The Hall–Kier alpha value is -2.62. The molecule has 0 fully saturated rings. The highest BCUT2D eigenvalue weighted by Gasteiger charge is 2.27. The SMILES string of the molecule is CCn1cc(NS(=O)(=O)c2ccc(OC)cc2[N+](=O)[O-])cn1. The smallest absolute Gasteiger partial charge is 0.293 e. The van der Waals surface area contributed by atoms with Crippen LogP contribution in [0.2, 0.25) is 0 Å². The van der Waals surface area contributed by atoms with Crippen LogP contribution in [0, 0.1) is 10.1 Å². The summed E-state index contributed by atoms with van der Waals surface area (Å²) >= 11 is 0. The van der Waals surface area contributed by atoms with Crippen molar-refractivity contribution in [3.8, 4) is 5.75 Å². The van der Waals surface area contributed by atoms with Crippen molar-refractivity contribution >= 4 is 21.4 Å². The average Bonchev–Trinajstić information content (AvgIpc) is 2.93. The standard InChI is InChI=1S/C12H14N4O5S/c1-3-15-8-9(7-13-15)14-22(19,20)12-5-4-10(21-2)6-11(12)16(17)18/h4-8,14H,3H2,1-2H3. The Morgan fingerprint density at radius 1 is 1.45 bits per heavy atom. The highest BCUT2D eigenvalue weighted by Crippen LogP contribution is 2.29. The Morgan fingerprint density at radius 3 is 2.73 bits per heavy atom. The minimum atomic E-state index is -4.11. The van der Waals surface area contributed by atoms with Gasteiger partial charge in [0.1, 0.15) is 5.75 Å². The average molecular weight is 326 g/mol. The van der Waals surface area contributed by atoms with E-state index in [9.17, 15) is 18.5 Å². The molecule has 0 radical (unpaired) electrons. The third-order valence-electron chi connectivity index (χ3n) is 2.86. The summed E-state index contributed by atoms with van der Waals surface area (Å²) in [6.07, 6.45) is 2.82. The molecule has 22 heavy (non-hydrogen) atoms. The van der Waals surface area contributed by atoms with E-state index in [1.807, 2.05) is 6.92 Å². The first-order chi connectivity index (χ1) is 10.4. The number of ether oxygens (including phenoxy) is 1. The highest BCUT2D eigenvalue weighted by molar-refractivity contribution is 7.92. The topological polar surface area (TPSA) is 116 Å². The number of aryl methyl sites for hydroxylation is 1. The van der Waals surface area contributed by atoms with Gasteiger partial charge in [0.25, 0.3) is 15.7 Å². The summed E-state index contributed by atoms with van der Waals surface area (Å²) < 4.78 is 33.3. The van der Waals surface area contributed by atoms with E-state index < -0.39 is 25.5 Å². The lowest BCUT2D eigenvalue weighted by atomic mass is 10.3. The van der Waals surface area contributed by atoms with Gasteiger partial charge in [0, 0.05) is 12.7 Å². The van der Waals surface area contributed by atoms with Crippen molar-refractivity contribution in [1.82, 2.24) is 9.78 Å². The molecular formula is C12H14N4O5S. The second-order valence-corrected chi connectivity index (χ2v) is 5.93. The summed E-state index contributed by atoms with van der Waals surface area (Å²) in [4.78, 5) is 9.87. The van der Waals surface area contributed by atoms with Gasteiger partial charge in [-0.05, 0) is 19.1 Å². The van der Waals surface area contributed by atoms with Crippen LogP contribution in [0.5, 0.6) is 5.75 Å². The molecule has 10 heteroatoms. The number of nitro benzene ring substituents is 1. The van der Waals surface area contributed by atoms with Gasteiger partial charge in [0.2, 0.25) is 0 Å². The van der Waals surface area contributed by atoms with Gasteiger partial charge in [-0.25, -0.2) is 8.42 Å². The van der Waals surface area contributed by atoms with Crippen LogP contribution >= 0.6 is 0 Å². The van der Waals surface area contributed by atoms with E-state index in [4.69, 9.17) is 4.74 Å². The zero-order chi connectivity index (χ0) is 16.3. The lowest BCUT2D eigenvalue weighted by Gasteiger charge is -2.07. The van der Waals surface area contributed by atoms with Crippen molar-refractivity contribution in [2.45, 2.75) is 18.4 Å². The minimum Gasteiger partial charge on any atom is -0.497 e. The molecule has 118 valence electrons. The van der Waals surface area contributed by atoms with Crippen molar-refractivity contribution in [1.29, 1.82) is 0 Å². The lowest BCUT2D eigenvalue weighted by Crippen LogP contribution is -2.14. The summed E-state index contributed by atoms with van der Waals surface area (Å²) in [5.74, 6) is 0.199. The van der Waals surface area contributed by atoms with Gasteiger partial charge in [0.05, 0.1) is 30.0 Å². The molecule has 1 aromatic heterocycles. The van der Waals surface area contributed by atoms with E-state index in [1.54, 1.807) is 0 Å². The lowest BCUT2D eigenvalue weighted by molar-refractivity contribution is -0.387. The maximum absolute atomic E-state index is 12.3. The van der Waals surface area contributed by atoms with Gasteiger partial charge in [-0.15, -0.1) is 0 Å². The number of aromatic nitrogens is 2. The fourth-order valence-electron chi connectivity index (χ4n) is 1.79. The van der Waals surface area contributed by atoms with Gasteiger partial charge in [-0.1, -0.05) is 0 Å². The first kappa shape index (κ1) is 15.8. The number of hydrogen-bond donors (Lipinski definition) is 1. The fourth-order valence-corrected chi connectivity index (χ4v) is 2.98. The molecule has 0 spiro atoms. The maximum atomic E-state index is 12.3. The summed E-state index contributed by atoms with van der Waals surface area (Å²) in [7, 11) is -2.77. The number of rotatable bonds is 6. The molecule has 9 nitrogen and oxygen atoms in total. The van der Waals surface area contributed by atoms with Crippen LogP contribution in [-0.2, 0) is 16.6 Å². The van der Waals surface area contributed by atoms with Crippen LogP contribution in [-0.4, -0.2) is 30.2 Å². The summed E-state index contributed by atoms with van der Waals surface area (Å²) in [6.45, 7) is 2.42. The van der Waals surface area contributed by atoms with E-state index in [0.717, 1.165) is 12.1 Å². The second-order valence-electron chi connectivity index (χ2n) is 4.28. The molecule has 1 aromatic carbocycles. The molecule has 0 aliphatic rings. The molecule has 1 heterocycles. The second kappa shape index (κ2) is 6.02. The minimum absolute atomic E-state index is 0.199. The zero-order valence-corrected chi connectivity index (χ0v) is 12.7. The van der Waals surface area contributed by atoms with Crippen LogP contribution in [0.1, 0.15) is 6.92 Å². The molecule has 0 aliphatic carbocycles. The number of hydrogen-bond acceptors (Lipinski definition) is 6. The predicted molar refractivity (Wildman–Crippen MR) is 78.4 cm³/mol. The van der Waals surface area contributed by atoms with Crippen molar-refractivity contribution in [3.05, 3.63) is 40.7 Å². The molecule has 0 saturated heterocycles. The Kier molecular flexibility index (Phi) is 4.31. The molecule has 2 rings (SSSR count). The van der Waals surface area contributed by atoms with Crippen molar-refractivity contribution in [2.24, 2.45) is 0 Å². The first-order valence-corrected chi connectivity index (χ1v) is 7.73. The van der Waals surface area contributed by atoms with Gasteiger partial charge in [-0.3, -0.25) is 19.5 Å². The number of nitro groups is 1. The molecule has 1 N–H and O–H groups in total. The zero-order valence-electron chi connectivity index (χ0n) is 11.9. The van der Waals surface area contributed by atoms with Crippen LogP contribution in [0.15, 0.2) is 35.5 Å².